The number of aromatic nitrogens is 2. The Morgan fingerprint density at radius 1 is 1.31 bits per heavy atom. The molecule has 4 rings (SSSR count). The number of benzene rings is 1. The van der Waals surface area contributed by atoms with Gasteiger partial charge < -0.3 is 14.1 Å². The zero-order valence-corrected chi connectivity index (χ0v) is 16.4. The van der Waals surface area contributed by atoms with Gasteiger partial charge in [-0.1, -0.05) is 12.1 Å². The Bertz CT molecular complexity index is 1040. The lowest BCUT2D eigenvalue weighted by Gasteiger charge is -2.32. The molecule has 1 unspecified atom stereocenters. The van der Waals surface area contributed by atoms with Crippen molar-refractivity contribution in [1.82, 2.24) is 14.9 Å². The molecular weight excluding hydrogens is 373 g/mol. The van der Waals surface area contributed by atoms with Crippen molar-refractivity contribution in [1.29, 1.82) is 0 Å². The molecule has 29 heavy (non-hydrogen) atoms. The van der Waals surface area contributed by atoms with Crippen molar-refractivity contribution in [3.8, 4) is 5.88 Å². The minimum Gasteiger partial charge on any atom is -0.480 e. The molecule has 1 atom stereocenters. The minimum atomic E-state index is -0.669. The second-order valence-corrected chi connectivity index (χ2v) is 7.33. The number of ether oxygens (including phenoxy) is 1. The first-order valence-electron chi connectivity index (χ1n) is 9.52. The lowest BCUT2D eigenvalue weighted by Crippen LogP contribution is -2.43. The molecule has 0 saturated carbocycles. The van der Waals surface area contributed by atoms with Crippen molar-refractivity contribution < 1.29 is 18.3 Å². The Morgan fingerprint density at radius 2 is 2.17 bits per heavy atom. The molecule has 7 heteroatoms. The van der Waals surface area contributed by atoms with E-state index in [-0.39, 0.29) is 11.7 Å². The number of oxazole rings is 1. The normalized spacial score (nSPS) is 18.8. The van der Waals surface area contributed by atoms with Crippen LogP contribution in [0.5, 0.6) is 5.88 Å². The van der Waals surface area contributed by atoms with E-state index in [0.717, 1.165) is 18.4 Å². The van der Waals surface area contributed by atoms with E-state index in [9.17, 15) is 9.18 Å². The van der Waals surface area contributed by atoms with Crippen LogP contribution in [0.15, 0.2) is 53.2 Å². The van der Waals surface area contributed by atoms with E-state index in [1.807, 2.05) is 13.0 Å². The van der Waals surface area contributed by atoms with Gasteiger partial charge in [0.05, 0.1) is 13.3 Å². The Morgan fingerprint density at radius 3 is 2.97 bits per heavy atom. The first-order valence-corrected chi connectivity index (χ1v) is 9.52. The SMILES string of the molecule is COc1ncccc1C(=O)N1CCCC1(C)c1ncc(Cc2cccc(F)c2)o1. The van der Waals surface area contributed by atoms with E-state index < -0.39 is 5.54 Å². The van der Waals surface area contributed by atoms with Crippen molar-refractivity contribution in [2.24, 2.45) is 0 Å². The maximum atomic E-state index is 13.4. The van der Waals surface area contributed by atoms with Crippen LogP contribution in [-0.4, -0.2) is 34.4 Å². The van der Waals surface area contributed by atoms with Gasteiger partial charge in [0, 0.05) is 19.2 Å². The molecule has 150 valence electrons. The summed E-state index contributed by atoms with van der Waals surface area (Å²) >= 11 is 0. The quantitative estimate of drug-likeness (QED) is 0.654. The summed E-state index contributed by atoms with van der Waals surface area (Å²) in [5.74, 6) is 0.959. The predicted molar refractivity (Wildman–Crippen MR) is 104 cm³/mol. The molecule has 0 aliphatic carbocycles. The highest BCUT2D eigenvalue weighted by Gasteiger charge is 2.45. The van der Waals surface area contributed by atoms with Crippen molar-refractivity contribution in [2.75, 3.05) is 13.7 Å². The summed E-state index contributed by atoms with van der Waals surface area (Å²) in [7, 11) is 1.50. The standard InChI is InChI=1S/C22H22FN3O3/c1-22(21-25-14-17(29-21)13-15-6-3-7-16(23)12-15)9-5-11-26(22)20(27)18-8-4-10-24-19(18)28-2/h3-4,6-8,10,12,14H,5,9,11,13H2,1-2H3. The predicted octanol–water partition coefficient (Wildman–Crippen LogP) is 3.96. The van der Waals surface area contributed by atoms with Crippen LogP contribution in [-0.2, 0) is 12.0 Å². The molecule has 6 nitrogen and oxygen atoms in total. The maximum Gasteiger partial charge on any atom is 0.260 e. The third-order valence-corrected chi connectivity index (χ3v) is 5.36. The van der Waals surface area contributed by atoms with Crippen LogP contribution >= 0.6 is 0 Å². The topological polar surface area (TPSA) is 68.5 Å². The average Bonchev–Trinajstić information content (AvgIpc) is 3.35. The van der Waals surface area contributed by atoms with E-state index in [1.165, 1.54) is 19.2 Å². The third-order valence-electron chi connectivity index (χ3n) is 5.36. The number of amides is 1. The van der Waals surface area contributed by atoms with E-state index in [4.69, 9.17) is 9.15 Å². The molecule has 1 saturated heterocycles. The fourth-order valence-electron chi connectivity index (χ4n) is 3.86. The van der Waals surface area contributed by atoms with Gasteiger partial charge in [-0.05, 0) is 49.6 Å². The molecule has 0 spiro atoms. The van der Waals surface area contributed by atoms with E-state index >= 15 is 0 Å². The highest BCUT2D eigenvalue weighted by atomic mass is 19.1. The number of hydrogen-bond acceptors (Lipinski definition) is 5. The van der Waals surface area contributed by atoms with E-state index in [0.29, 0.717) is 36.1 Å². The van der Waals surface area contributed by atoms with Crippen LogP contribution in [0.1, 0.15) is 47.3 Å². The van der Waals surface area contributed by atoms with Gasteiger partial charge in [0.2, 0.25) is 11.8 Å². The molecular formula is C22H22FN3O3. The molecule has 0 bridgehead atoms. The maximum absolute atomic E-state index is 13.4. The van der Waals surface area contributed by atoms with Crippen molar-refractivity contribution in [3.05, 3.63) is 77.4 Å². The summed E-state index contributed by atoms with van der Waals surface area (Å²) in [5, 5.41) is 0. The number of carbonyl (C=O) groups is 1. The van der Waals surface area contributed by atoms with Gasteiger partial charge in [-0.25, -0.2) is 14.4 Å². The van der Waals surface area contributed by atoms with Crippen LogP contribution in [0.25, 0.3) is 0 Å². The fraction of sp³-hybridized carbons (Fsp3) is 0.318. The van der Waals surface area contributed by atoms with E-state index in [1.54, 1.807) is 35.5 Å². The summed E-state index contributed by atoms with van der Waals surface area (Å²) in [5.41, 5.74) is 0.546. The van der Waals surface area contributed by atoms with Crippen molar-refractivity contribution >= 4 is 5.91 Å². The van der Waals surface area contributed by atoms with Crippen LogP contribution < -0.4 is 4.74 Å². The number of carbonyl (C=O) groups excluding carboxylic acids is 1. The molecule has 2 aromatic heterocycles. The summed E-state index contributed by atoms with van der Waals surface area (Å²) in [6, 6.07) is 9.81. The lowest BCUT2D eigenvalue weighted by atomic mass is 9.98. The molecule has 0 N–H and O–H groups in total. The molecule has 1 aromatic carbocycles. The van der Waals surface area contributed by atoms with Gasteiger partial charge in [0.1, 0.15) is 22.7 Å². The molecule has 1 fully saturated rings. The first-order chi connectivity index (χ1) is 14.0. The molecule has 3 heterocycles. The zero-order chi connectivity index (χ0) is 20.4. The fourth-order valence-corrected chi connectivity index (χ4v) is 3.86. The number of nitrogens with zero attached hydrogens (tertiary/aromatic N) is 3. The number of pyridine rings is 1. The van der Waals surface area contributed by atoms with Crippen LogP contribution in [0.4, 0.5) is 4.39 Å². The smallest absolute Gasteiger partial charge is 0.260 e. The van der Waals surface area contributed by atoms with Gasteiger partial charge in [-0.3, -0.25) is 4.79 Å². The number of rotatable bonds is 5. The molecule has 1 aliphatic rings. The second kappa shape index (κ2) is 7.66. The van der Waals surface area contributed by atoms with Gasteiger partial charge in [-0.15, -0.1) is 0 Å². The summed E-state index contributed by atoms with van der Waals surface area (Å²) in [4.78, 5) is 23.6. The molecule has 3 aromatic rings. The Labute approximate surface area is 168 Å². The highest BCUT2D eigenvalue weighted by Crippen LogP contribution is 2.39. The Hall–Kier alpha value is -3.22. The lowest BCUT2D eigenvalue weighted by molar-refractivity contribution is 0.0559. The number of halogens is 1. The van der Waals surface area contributed by atoms with Crippen LogP contribution in [0, 0.1) is 5.82 Å². The monoisotopic (exact) mass is 395 g/mol. The van der Waals surface area contributed by atoms with Gasteiger partial charge in [0.15, 0.2) is 0 Å². The summed E-state index contributed by atoms with van der Waals surface area (Å²) < 4.78 is 24.7. The molecule has 1 aliphatic heterocycles. The molecule has 1 amide bonds. The minimum absolute atomic E-state index is 0.167. The Balaban J connectivity index is 1.60. The third kappa shape index (κ3) is 3.60. The van der Waals surface area contributed by atoms with Crippen molar-refractivity contribution in [3.63, 3.8) is 0 Å². The van der Waals surface area contributed by atoms with Gasteiger partial charge in [0.25, 0.3) is 5.91 Å². The second-order valence-electron chi connectivity index (χ2n) is 7.33. The van der Waals surface area contributed by atoms with Gasteiger partial charge >= 0.3 is 0 Å². The van der Waals surface area contributed by atoms with Crippen LogP contribution in [0.3, 0.4) is 0 Å². The summed E-state index contributed by atoms with van der Waals surface area (Å²) in [6.45, 7) is 2.55. The number of hydrogen-bond donors (Lipinski definition) is 0. The van der Waals surface area contributed by atoms with Crippen LogP contribution in [0.2, 0.25) is 0 Å². The largest absolute Gasteiger partial charge is 0.480 e. The van der Waals surface area contributed by atoms with Crippen molar-refractivity contribution in [2.45, 2.75) is 31.7 Å². The Kier molecular flexibility index (Phi) is 5.05. The summed E-state index contributed by atoms with van der Waals surface area (Å²) in [6.07, 6.45) is 5.25. The van der Waals surface area contributed by atoms with E-state index in [2.05, 4.69) is 9.97 Å². The number of methoxy groups -OCH3 is 1. The number of likely N-dealkylation sites (tertiary alicyclic amines) is 1. The average molecular weight is 395 g/mol. The molecule has 0 radical (unpaired) electrons. The first kappa shape index (κ1) is 19.1. The zero-order valence-electron chi connectivity index (χ0n) is 16.4. The highest BCUT2D eigenvalue weighted by molar-refractivity contribution is 5.97. The van der Waals surface area contributed by atoms with Gasteiger partial charge in [-0.2, -0.15) is 0 Å².